The van der Waals surface area contributed by atoms with Crippen LogP contribution in [0.25, 0.3) is 0 Å². The molecule has 0 spiro atoms. The van der Waals surface area contributed by atoms with Gasteiger partial charge in [0.1, 0.15) is 18.0 Å². The Morgan fingerprint density at radius 1 is 1.24 bits per heavy atom. The van der Waals surface area contributed by atoms with E-state index < -0.39 is 0 Å². The first-order valence-electron chi connectivity index (χ1n) is 7.25. The molecule has 4 N–H and O–H groups in total. The Hall–Kier alpha value is -2.14. The van der Waals surface area contributed by atoms with Crippen LogP contribution in [-0.2, 0) is 12.8 Å². The lowest BCUT2D eigenvalue weighted by atomic mass is 10.1. The van der Waals surface area contributed by atoms with Gasteiger partial charge in [-0.05, 0) is 18.4 Å². The molecule has 1 aromatic heterocycles. The molecule has 112 valence electrons. The molecule has 5 heteroatoms. The summed E-state index contributed by atoms with van der Waals surface area (Å²) in [5.41, 5.74) is 8.02. The SMILES string of the molecule is CCCc1c(N)ncnc1NC(CO)Cc1ccccc1. The van der Waals surface area contributed by atoms with E-state index in [1.165, 1.54) is 11.9 Å². The zero-order valence-electron chi connectivity index (χ0n) is 12.3. The van der Waals surface area contributed by atoms with E-state index >= 15 is 0 Å². The van der Waals surface area contributed by atoms with Crippen molar-refractivity contribution in [3.05, 3.63) is 47.8 Å². The van der Waals surface area contributed by atoms with Gasteiger partial charge in [0.25, 0.3) is 0 Å². The molecular weight excluding hydrogens is 264 g/mol. The van der Waals surface area contributed by atoms with E-state index in [0.717, 1.165) is 30.6 Å². The van der Waals surface area contributed by atoms with Crippen molar-refractivity contribution < 1.29 is 5.11 Å². The predicted octanol–water partition coefficient (Wildman–Crippen LogP) is 2.03. The monoisotopic (exact) mass is 286 g/mol. The molecule has 1 atom stereocenters. The van der Waals surface area contributed by atoms with Crippen molar-refractivity contribution in [2.45, 2.75) is 32.2 Å². The maximum atomic E-state index is 9.60. The van der Waals surface area contributed by atoms with E-state index in [1.807, 2.05) is 30.3 Å². The van der Waals surface area contributed by atoms with Crippen LogP contribution in [0, 0.1) is 0 Å². The highest BCUT2D eigenvalue weighted by Crippen LogP contribution is 2.20. The lowest BCUT2D eigenvalue weighted by Gasteiger charge is -2.19. The Labute approximate surface area is 125 Å². The van der Waals surface area contributed by atoms with Crippen LogP contribution < -0.4 is 11.1 Å². The van der Waals surface area contributed by atoms with Gasteiger partial charge in [0.15, 0.2) is 0 Å². The van der Waals surface area contributed by atoms with Gasteiger partial charge in [0.05, 0.1) is 12.6 Å². The highest BCUT2D eigenvalue weighted by Gasteiger charge is 2.14. The minimum absolute atomic E-state index is 0.0321. The fourth-order valence-electron chi connectivity index (χ4n) is 2.30. The number of hydrogen-bond donors (Lipinski definition) is 3. The average molecular weight is 286 g/mol. The zero-order valence-corrected chi connectivity index (χ0v) is 12.3. The summed E-state index contributed by atoms with van der Waals surface area (Å²) in [5, 5.41) is 12.9. The van der Waals surface area contributed by atoms with Crippen molar-refractivity contribution in [3.8, 4) is 0 Å². The predicted molar refractivity (Wildman–Crippen MR) is 85.1 cm³/mol. The summed E-state index contributed by atoms with van der Waals surface area (Å²) < 4.78 is 0. The third kappa shape index (κ3) is 4.16. The number of nitrogens with zero attached hydrogens (tertiary/aromatic N) is 2. The Morgan fingerprint density at radius 3 is 2.67 bits per heavy atom. The van der Waals surface area contributed by atoms with Gasteiger partial charge in [-0.15, -0.1) is 0 Å². The summed E-state index contributed by atoms with van der Waals surface area (Å²) in [6.07, 6.45) is 3.97. The summed E-state index contributed by atoms with van der Waals surface area (Å²) in [4.78, 5) is 8.31. The van der Waals surface area contributed by atoms with Gasteiger partial charge in [-0.1, -0.05) is 43.7 Å². The van der Waals surface area contributed by atoms with Crippen molar-refractivity contribution in [2.24, 2.45) is 0 Å². The highest BCUT2D eigenvalue weighted by atomic mass is 16.3. The van der Waals surface area contributed by atoms with Crippen LogP contribution in [0.15, 0.2) is 36.7 Å². The number of rotatable bonds is 7. The molecule has 2 aromatic rings. The first-order valence-corrected chi connectivity index (χ1v) is 7.25. The van der Waals surface area contributed by atoms with Gasteiger partial charge < -0.3 is 16.2 Å². The molecule has 0 aliphatic carbocycles. The van der Waals surface area contributed by atoms with E-state index in [9.17, 15) is 5.11 Å². The molecule has 0 saturated heterocycles. The van der Waals surface area contributed by atoms with Crippen molar-refractivity contribution in [1.29, 1.82) is 0 Å². The van der Waals surface area contributed by atoms with Crippen LogP contribution in [-0.4, -0.2) is 27.7 Å². The van der Waals surface area contributed by atoms with Gasteiger partial charge in [-0.25, -0.2) is 9.97 Å². The summed E-state index contributed by atoms with van der Waals surface area (Å²) in [5.74, 6) is 1.23. The number of hydrogen-bond acceptors (Lipinski definition) is 5. The molecule has 5 nitrogen and oxygen atoms in total. The number of aliphatic hydroxyl groups excluding tert-OH is 1. The average Bonchev–Trinajstić information content (AvgIpc) is 2.51. The molecule has 1 heterocycles. The third-order valence-electron chi connectivity index (χ3n) is 3.36. The number of nitrogens with one attached hydrogen (secondary N) is 1. The molecule has 0 saturated carbocycles. The van der Waals surface area contributed by atoms with Crippen molar-refractivity contribution in [3.63, 3.8) is 0 Å². The lowest BCUT2D eigenvalue weighted by Crippen LogP contribution is -2.27. The number of aromatic nitrogens is 2. The second-order valence-electron chi connectivity index (χ2n) is 5.05. The molecule has 0 bridgehead atoms. The van der Waals surface area contributed by atoms with Gasteiger partial charge in [-0.3, -0.25) is 0 Å². The minimum Gasteiger partial charge on any atom is -0.394 e. The van der Waals surface area contributed by atoms with Gasteiger partial charge in [-0.2, -0.15) is 0 Å². The molecule has 0 amide bonds. The molecule has 21 heavy (non-hydrogen) atoms. The summed E-state index contributed by atoms with van der Waals surface area (Å²) in [6.45, 7) is 2.12. The van der Waals surface area contributed by atoms with E-state index in [1.54, 1.807) is 0 Å². The van der Waals surface area contributed by atoms with Crippen LogP contribution in [0.5, 0.6) is 0 Å². The van der Waals surface area contributed by atoms with Crippen molar-refractivity contribution in [2.75, 3.05) is 17.7 Å². The summed E-state index contributed by atoms with van der Waals surface area (Å²) in [7, 11) is 0. The maximum Gasteiger partial charge on any atom is 0.135 e. The molecule has 2 rings (SSSR count). The first-order chi connectivity index (χ1) is 10.2. The van der Waals surface area contributed by atoms with Crippen LogP contribution >= 0.6 is 0 Å². The number of benzene rings is 1. The van der Waals surface area contributed by atoms with Gasteiger partial charge in [0, 0.05) is 5.56 Å². The molecule has 0 aliphatic rings. The molecule has 1 unspecified atom stereocenters. The van der Waals surface area contributed by atoms with E-state index in [-0.39, 0.29) is 12.6 Å². The molecule has 0 radical (unpaired) electrons. The third-order valence-corrected chi connectivity index (χ3v) is 3.36. The number of nitrogen functional groups attached to an aromatic ring is 1. The van der Waals surface area contributed by atoms with Gasteiger partial charge >= 0.3 is 0 Å². The highest BCUT2D eigenvalue weighted by molar-refractivity contribution is 5.55. The first kappa shape index (κ1) is 15.3. The fourth-order valence-corrected chi connectivity index (χ4v) is 2.30. The number of nitrogens with two attached hydrogens (primary N) is 1. The Morgan fingerprint density at radius 2 is 2.00 bits per heavy atom. The maximum absolute atomic E-state index is 9.60. The smallest absolute Gasteiger partial charge is 0.135 e. The van der Waals surface area contributed by atoms with E-state index in [2.05, 4.69) is 22.2 Å². The van der Waals surface area contributed by atoms with Crippen LogP contribution in [0.2, 0.25) is 0 Å². The minimum atomic E-state index is -0.0997. The van der Waals surface area contributed by atoms with Crippen molar-refractivity contribution >= 4 is 11.6 Å². The van der Waals surface area contributed by atoms with Crippen LogP contribution in [0.1, 0.15) is 24.5 Å². The van der Waals surface area contributed by atoms with E-state index in [0.29, 0.717) is 5.82 Å². The normalized spacial score (nSPS) is 12.1. The lowest BCUT2D eigenvalue weighted by molar-refractivity contribution is 0.273. The fraction of sp³-hybridized carbons (Fsp3) is 0.375. The summed E-state index contributed by atoms with van der Waals surface area (Å²) >= 11 is 0. The summed E-state index contributed by atoms with van der Waals surface area (Å²) in [6, 6.07) is 9.97. The van der Waals surface area contributed by atoms with Crippen LogP contribution in [0.3, 0.4) is 0 Å². The number of anilines is 2. The molecule has 1 aromatic carbocycles. The topological polar surface area (TPSA) is 84.1 Å². The molecule has 0 fully saturated rings. The largest absolute Gasteiger partial charge is 0.394 e. The Balaban J connectivity index is 2.13. The standard InChI is InChI=1S/C16H22N4O/c1-2-6-14-15(17)18-11-19-16(14)20-13(10-21)9-12-7-4-3-5-8-12/h3-5,7-8,11,13,21H,2,6,9-10H2,1H3,(H3,17,18,19,20). The number of aliphatic hydroxyl groups is 1. The quantitative estimate of drug-likeness (QED) is 0.725. The van der Waals surface area contributed by atoms with Crippen molar-refractivity contribution in [1.82, 2.24) is 9.97 Å². The zero-order chi connectivity index (χ0) is 15.1. The second kappa shape index (κ2) is 7.59. The van der Waals surface area contributed by atoms with Gasteiger partial charge in [0.2, 0.25) is 0 Å². The molecular formula is C16H22N4O. The van der Waals surface area contributed by atoms with E-state index in [4.69, 9.17) is 5.73 Å². The van der Waals surface area contributed by atoms with Crippen LogP contribution in [0.4, 0.5) is 11.6 Å². The second-order valence-corrected chi connectivity index (χ2v) is 5.05. The molecule has 0 aliphatic heterocycles. The Bertz CT molecular complexity index is 559. The Kier molecular flexibility index (Phi) is 5.51.